The molecule has 1 aromatic heterocycles. The largest absolute Gasteiger partial charge is 0.384 e. The van der Waals surface area contributed by atoms with Crippen LogP contribution in [0.2, 0.25) is 0 Å². The second-order valence-corrected chi connectivity index (χ2v) is 3.47. The van der Waals surface area contributed by atoms with Gasteiger partial charge >= 0.3 is 0 Å². The molecule has 0 saturated carbocycles. The number of para-hydroxylation sites is 1. The van der Waals surface area contributed by atoms with Crippen LogP contribution < -0.4 is 5.73 Å². The summed E-state index contributed by atoms with van der Waals surface area (Å²) in [6.07, 6.45) is 0.865. The number of nitrogens with zero attached hydrogens (tertiary/aromatic N) is 1. The monoisotopic (exact) mass is 202 g/mol. The van der Waals surface area contributed by atoms with Gasteiger partial charge in [0.1, 0.15) is 5.82 Å². The molecule has 2 N–H and O–H groups in total. The van der Waals surface area contributed by atoms with E-state index in [-0.39, 0.29) is 0 Å². The van der Waals surface area contributed by atoms with E-state index in [0.29, 0.717) is 12.4 Å². The average molecular weight is 202 g/mol. The van der Waals surface area contributed by atoms with Crippen LogP contribution in [-0.4, -0.2) is 18.7 Å². The Morgan fingerprint density at radius 2 is 2.13 bits per heavy atom. The fourth-order valence-electron chi connectivity index (χ4n) is 1.64. The molecular formula is C12H14N2O. The Hall–Kier alpha value is -1.61. The van der Waals surface area contributed by atoms with Crippen molar-refractivity contribution in [2.75, 3.05) is 19.5 Å². The molecule has 0 amide bonds. The third kappa shape index (κ3) is 2.07. The van der Waals surface area contributed by atoms with Gasteiger partial charge in [-0.2, -0.15) is 0 Å². The van der Waals surface area contributed by atoms with Gasteiger partial charge in [-0.15, -0.1) is 0 Å². The number of aromatic nitrogens is 1. The molecule has 0 atom stereocenters. The number of nitrogens with two attached hydrogens (primary N) is 1. The first-order valence-corrected chi connectivity index (χ1v) is 4.94. The highest BCUT2D eigenvalue weighted by atomic mass is 16.5. The van der Waals surface area contributed by atoms with Crippen LogP contribution in [-0.2, 0) is 11.2 Å². The molecule has 78 valence electrons. The molecule has 1 heterocycles. The molecule has 3 nitrogen and oxygen atoms in total. The fourth-order valence-corrected chi connectivity index (χ4v) is 1.64. The topological polar surface area (TPSA) is 48.1 Å². The predicted octanol–water partition coefficient (Wildman–Crippen LogP) is 2.01. The maximum Gasteiger partial charge on any atom is 0.124 e. The summed E-state index contributed by atoms with van der Waals surface area (Å²) in [5, 5.41) is 1.12. The molecule has 0 aliphatic rings. The molecule has 0 spiro atoms. The van der Waals surface area contributed by atoms with Gasteiger partial charge < -0.3 is 10.5 Å². The van der Waals surface area contributed by atoms with Gasteiger partial charge in [-0.1, -0.05) is 18.2 Å². The number of hydrogen-bond donors (Lipinski definition) is 1. The highest BCUT2D eigenvalue weighted by molar-refractivity contribution is 5.83. The first kappa shape index (κ1) is 9.93. The van der Waals surface area contributed by atoms with E-state index in [4.69, 9.17) is 10.5 Å². The Balaban J connectivity index is 2.48. The number of nitrogen functional groups attached to an aromatic ring is 1. The smallest absolute Gasteiger partial charge is 0.124 e. The fraction of sp³-hybridized carbons (Fsp3) is 0.250. The molecule has 0 bridgehead atoms. The van der Waals surface area contributed by atoms with Gasteiger partial charge in [0.05, 0.1) is 12.1 Å². The van der Waals surface area contributed by atoms with Crippen LogP contribution in [0.5, 0.6) is 0 Å². The third-order valence-corrected chi connectivity index (χ3v) is 2.40. The third-order valence-electron chi connectivity index (χ3n) is 2.40. The number of benzene rings is 1. The van der Waals surface area contributed by atoms with Crippen molar-refractivity contribution < 1.29 is 4.74 Å². The maximum absolute atomic E-state index is 5.68. The Morgan fingerprint density at radius 1 is 1.27 bits per heavy atom. The van der Waals surface area contributed by atoms with Crippen LogP contribution in [0.4, 0.5) is 5.82 Å². The molecule has 0 aliphatic carbocycles. The second kappa shape index (κ2) is 4.28. The van der Waals surface area contributed by atoms with Crippen LogP contribution in [0.15, 0.2) is 30.3 Å². The summed E-state index contributed by atoms with van der Waals surface area (Å²) in [6.45, 7) is 0.704. The number of fused-ring (bicyclic) bond motifs is 1. The van der Waals surface area contributed by atoms with E-state index >= 15 is 0 Å². The van der Waals surface area contributed by atoms with Crippen molar-refractivity contribution in [1.82, 2.24) is 4.98 Å². The molecule has 0 fully saturated rings. The van der Waals surface area contributed by atoms with E-state index in [0.717, 1.165) is 17.3 Å². The highest BCUT2D eigenvalue weighted by Gasteiger charge is 2.02. The first-order chi connectivity index (χ1) is 7.31. The van der Waals surface area contributed by atoms with E-state index in [9.17, 15) is 0 Å². The van der Waals surface area contributed by atoms with Crippen LogP contribution in [0.25, 0.3) is 10.9 Å². The molecule has 0 radical (unpaired) electrons. The van der Waals surface area contributed by atoms with Crippen molar-refractivity contribution in [3.8, 4) is 0 Å². The highest BCUT2D eigenvalue weighted by Crippen LogP contribution is 2.18. The van der Waals surface area contributed by atoms with Crippen molar-refractivity contribution in [2.45, 2.75) is 6.42 Å². The lowest BCUT2D eigenvalue weighted by atomic mass is 10.1. The van der Waals surface area contributed by atoms with Crippen LogP contribution >= 0.6 is 0 Å². The van der Waals surface area contributed by atoms with Crippen molar-refractivity contribution in [2.24, 2.45) is 0 Å². The maximum atomic E-state index is 5.68. The van der Waals surface area contributed by atoms with Crippen molar-refractivity contribution in [3.63, 3.8) is 0 Å². The lowest BCUT2D eigenvalue weighted by molar-refractivity contribution is 0.202. The first-order valence-electron chi connectivity index (χ1n) is 4.94. The summed E-state index contributed by atoms with van der Waals surface area (Å²) in [7, 11) is 1.70. The Morgan fingerprint density at radius 3 is 2.93 bits per heavy atom. The number of pyridine rings is 1. The van der Waals surface area contributed by atoms with Crippen molar-refractivity contribution in [1.29, 1.82) is 0 Å². The average Bonchev–Trinajstić information content (AvgIpc) is 2.26. The normalized spacial score (nSPS) is 10.7. The molecule has 2 rings (SSSR count). The van der Waals surface area contributed by atoms with Gasteiger partial charge in [0.25, 0.3) is 0 Å². The number of ether oxygens (including phenoxy) is 1. The van der Waals surface area contributed by atoms with Crippen molar-refractivity contribution >= 4 is 16.7 Å². The van der Waals surface area contributed by atoms with Gasteiger partial charge in [0, 0.05) is 12.5 Å². The zero-order chi connectivity index (χ0) is 10.7. The Kier molecular flexibility index (Phi) is 2.83. The number of anilines is 1. The van der Waals surface area contributed by atoms with E-state index in [2.05, 4.69) is 11.1 Å². The van der Waals surface area contributed by atoms with Crippen LogP contribution in [0.1, 0.15) is 5.56 Å². The van der Waals surface area contributed by atoms with Gasteiger partial charge in [0.2, 0.25) is 0 Å². The van der Waals surface area contributed by atoms with E-state index in [1.807, 2.05) is 24.3 Å². The van der Waals surface area contributed by atoms with Gasteiger partial charge in [-0.25, -0.2) is 4.98 Å². The standard InChI is InChI=1S/C12H14N2O/c1-15-8-7-10-4-2-3-9-5-6-11(13)14-12(9)10/h2-6H,7-8H2,1H3,(H2,13,14). The summed E-state index contributed by atoms with van der Waals surface area (Å²) < 4.78 is 5.07. The molecule has 0 saturated heterocycles. The quantitative estimate of drug-likeness (QED) is 0.828. The van der Waals surface area contributed by atoms with Gasteiger partial charge in [-0.05, 0) is 24.1 Å². The lowest BCUT2D eigenvalue weighted by Gasteiger charge is -2.05. The summed E-state index contributed by atoms with van der Waals surface area (Å²) in [6, 6.07) is 9.95. The predicted molar refractivity (Wildman–Crippen MR) is 61.7 cm³/mol. The zero-order valence-corrected chi connectivity index (χ0v) is 8.73. The Labute approximate surface area is 88.9 Å². The summed E-state index contributed by atoms with van der Waals surface area (Å²) in [5.74, 6) is 0.562. The summed E-state index contributed by atoms with van der Waals surface area (Å²) >= 11 is 0. The molecule has 15 heavy (non-hydrogen) atoms. The minimum atomic E-state index is 0.562. The minimum Gasteiger partial charge on any atom is -0.384 e. The molecule has 1 aromatic carbocycles. The molecule has 0 aliphatic heterocycles. The van der Waals surface area contributed by atoms with Gasteiger partial charge in [-0.3, -0.25) is 0 Å². The molecule has 3 heteroatoms. The molecule has 2 aromatic rings. The zero-order valence-electron chi connectivity index (χ0n) is 8.73. The van der Waals surface area contributed by atoms with Crippen LogP contribution in [0.3, 0.4) is 0 Å². The minimum absolute atomic E-state index is 0.562. The van der Waals surface area contributed by atoms with E-state index < -0.39 is 0 Å². The van der Waals surface area contributed by atoms with Crippen molar-refractivity contribution in [3.05, 3.63) is 35.9 Å². The van der Waals surface area contributed by atoms with E-state index in [1.165, 1.54) is 5.56 Å². The number of rotatable bonds is 3. The molecule has 0 unspecified atom stereocenters. The Bertz CT molecular complexity index is 468. The number of hydrogen-bond acceptors (Lipinski definition) is 3. The second-order valence-electron chi connectivity index (χ2n) is 3.47. The summed E-state index contributed by atoms with van der Waals surface area (Å²) in [4.78, 5) is 4.35. The molecular weight excluding hydrogens is 188 g/mol. The SMILES string of the molecule is COCCc1cccc2ccc(N)nc12. The van der Waals surface area contributed by atoms with E-state index in [1.54, 1.807) is 7.11 Å². The van der Waals surface area contributed by atoms with Gasteiger partial charge in [0.15, 0.2) is 0 Å². The van der Waals surface area contributed by atoms with Crippen LogP contribution in [0, 0.1) is 0 Å². The number of methoxy groups -OCH3 is 1. The lowest BCUT2D eigenvalue weighted by Crippen LogP contribution is -1.98. The summed E-state index contributed by atoms with van der Waals surface area (Å²) in [5.41, 5.74) is 7.84.